The second kappa shape index (κ2) is 5.93. The van der Waals surface area contributed by atoms with Crippen molar-refractivity contribution in [2.45, 2.75) is 19.8 Å². The maximum atomic E-state index is 11.2. The molecule has 0 saturated heterocycles. The Morgan fingerprint density at radius 2 is 2.06 bits per heavy atom. The van der Waals surface area contributed by atoms with Gasteiger partial charge in [-0.05, 0) is 31.4 Å². The van der Waals surface area contributed by atoms with Crippen molar-refractivity contribution in [1.82, 2.24) is 0 Å². The molecule has 0 amide bonds. The second-order valence-corrected chi connectivity index (χ2v) is 5.53. The Bertz CT molecular complexity index is 491. The van der Waals surface area contributed by atoms with Gasteiger partial charge in [0, 0.05) is 5.56 Å². The first-order valence-corrected chi connectivity index (χ1v) is 7.14. The SMILES string of the molecule is CC(=O)c1cccc(CCCOS(C)(=O)=O)c1. The number of ketones is 1. The monoisotopic (exact) mass is 256 g/mol. The molecule has 1 rings (SSSR count). The van der Waals surface area contributed by atoms with Crippen LogP contribution in [0.1, 0.15) is 29.3 Å². The van der Waals surface area contributed by atoms with E-state index < -0.39 is 10.1 Å². The van der Waals surface area contributed by atoms with E-state index in [1.165, 1.54) is 6.92 Å². The number of benzene rings is 1. The van der Waals surface area contributed by atoms with Crippen molar-refractivity contribution in [3.8, 4) is 0 Å². The van der Waals surface area contributed by atoms with Crippen LogP contribution in [0.5, 0.6) is 0 Å². The molecule has 1 aromatic carbocycles. The van der Waals surface area contributed by atoms with Gasteiger partial charge in [0.15, 0.2) is 5.78 Å². The van der Waals surface area contributed by atoms with E-state index in [1.54, 1.807) is 6.07 Å². The van der Waals surface area contributed by atoms with Crippen molar-refractivity contribution in [2.75, 3.05) is 12.9 Å². The smallest absolute Gasteiger partial charge is 0.264 e. The summed E-state index contributed by atoms with van der Waals surface area (Å²) in [5.74, 6) is 0.0271. The fourth-order valence-electron chi connectivity index (χ4n) is 1.43. The van der Waals surface area contributed by atoms with Gasteiger partial charge in [-0.1, -0.05) is 18.2 Å². The maximum Gasteiger partial charge on any atom is 0.264 e. The molecule has 0 spiro atoms. The van der Waals surface area contributed by atoms with Crippen LogP contribution in [0.15, 0.2) is 24.3 Å². The highest BCUT2D eigenvalue weighted by Gasteiger charge is 2.03. The molecule has 0 N–H and O–H groups in total. The number of carbonyl (C=O) groups is 1. The van der Waals surface area contributed by atoms with E-state index in [1.807, 2.05) is 18.2 Å². The number of hydrogen-bond acceptors (Lipinski definition) is 4. The van der Waals surface area contributed by atoms with Crippen LogP contribution < -0.4 is 0 Å². The molecular formula is C12H16O4S. The lowest BCUT2D eigenvalue weighted by molar-refractivity contribution is 0.101. The zero-order valence-electron chi connectivity index (χ0n) is 9.97. The highest BCUT2D eigenvalue weighted by Crippen LogP contribution is 2.08. The lowest BCUT2D eigenvalue weighted by atomic mass is 10.0. The maximum absolute atomic E-state index is 11.2. The van der Waals surface area contributed by atoms with E-state index in [9.17, 15) is 13.2 Å². The summed E-state index contributed by atoms with van der Waals surface area (Å²) in [6, 6.07) is 7.32. The molecule has 0 aliphatic rings. The summed E-state index contributed by atoms with van der Waals surface area (Å²) in [4.78, 5) is 11.2. The summed E-state index contributed by atoms with van der Waals surface area (Å²) >= 11 is 0. The normalized spacial score (nSPS) is 11.4. The molecule has 0 aliphatic carbocycles. The van der Waals surface area contributed by atoms with E-state index >= 15 is 0 Å². The Kier molecular flexibility index (Phi) is 4.84. The summed E-state index contributed by atoms with van der Waals surface area (Å²) in [5.41, 5.74) is 1.68. The topological polar surface area (TPSA) is 60.4 Å². The largest absolute Gasteiger partial charge is 0.295 e. The van der Waals surface area contributed by atoms with E-state index in [2.05, 4.69) is 4.18 Å². The molecule has 0 heterocycles. The molecule has 17 heavy (non-hydrogen) atoms. The fraction of sp³-hybridized carbons (Fsp3) is 0.417. The third kappa shape index (κ3) is 5.60. The summed E-state index contributed by atoms with van der Waals surface area (Å²) < 4.78 is 26.1. The van der Waals surface area contributed by atoms with Crippen molar-refractivity contribution in [1.29, 1.82) is 0 Å². The predicted octanol–water partition coefficient (Wildman–Crippen LogP) is 1.80. The molecule has 0 unspecified atom stereocenters. The molecule has 5 heteroatoms. The van der Waals surface area contributed by atoms with Gasteiger partial charge in [0.2, 0.25) is 0 Å². The molecule has 0 atom stereocenters. The van der Waals surface area contributed by atoms with Gasteiger partial charge in [-0.25, -0.2) is 0 Å². The number of Topliss-reactive ketones (excluding diaryl/α,β-unsaturated/α-hetero) is 1. The minimum atomic E-state index is -3.35. The van der Waals surface area contributed by atoms with Gasteiger partial charge in [-0.2, -0.15) is 8.42 Å². The van der Waals surface area contributed by atoms with Gasteiger partial charge in [-0.15, -0.1) is 0 Å². The third-order valence-electron chi connectivity index (χ3n) is 2.24. The number of aryl methyl sites for hydroxylation is 1. The number of rotatable bonds is 6. The molecule has 94 valence electrons. The average molecular weight is 256 g/mol. The summed E-state index contributed by atoms with van der Waals surface area (Å²) in [5, 5.41) is 0. The zero-order valence-corrected chi connectivity index (χ0v) is 10.8. The molecule has 4 nitrogen and oxygen atoms in total. The Balaban J connectivity index is 2.47. The van der Waals surface area contributed by atoms with E-state index in [0.717, 1.165) is 11.8 Å². The molecule has 0 aliphatic heterocycles. The first-order chi connectivity index (χ1) is 7.88. The highest BCUT2D eigenvalue weighted by atomic mass is 32.2. The van der Waals surface area contributed by atoms with Crippen molar-refractivity contribution < 1.29 is 17.4 Å². The number of hydrogen-bond donors (Lipinski definition) is 0. The van der Waals surface area contributed by atoms with E-state index in [0.29, 0.717) is 18.4 Å². The van der Waals surface area contributed by atoms with Crippen LogP contribution >= 0.6 is 0 Å². The quantitative estimate of drug-likeness (QED) is 0.442. The van der Waals surface area contributed by atoms with E-state index in [-0.39, 0.29) is 12.4 Å². The lowest BCUT2D eigenvalue weighted by Crippen LogP contribution is -2.05. The second-order valence-electron chi connectivity index (χ2n) is 3.89. The van der Waals surface area contributed by atoms with Crippen LogP contribution in [0, 0.1) is 0 Å². The van der Waals surface area contributed by atoms with Crippen LogP contribution in [0.2, 0.25) is 0 Å². The first-order valence-electron chi connectivity index (χ1n) is 5.33. The summed E-state index contributed by atoms with van der Waals surface area (Å²) in [6.45, 7) is 1.69. The summed E-state index contributed by atoms with van der Waals surface area (Å²) in [6.07, 6.45) is 2.33. The Morgan fingerprint density at radius 3 is 2.65 bits per heavy atom. The van der Waals surface area contributed by atoms with Gasteiger partial charge in [0.05, 0.1) is 12.9 Å². The van der Waals surface area contributed by atoms with Crippen LogP contribution in [0.25, 0.3) is 0 Å². The minimum Gasteiger partial charge on any atom is -0.295 e. The third-order valence-corrected chi connectivity index (χ3v) is 2.84. The van der Waals surface area contributed by atoms with Gasteiger partial charge in [0.25, 0.3) is 10.1 Å². The summed E-state index contributed by atoms with van der Waals surface area (Å²) in [7, 11) is -3.35. The zero-order chi connectivity index (χ0) is 12.9. The van der Waals surface area contributed by atoms with E-state index in [4.69, 9.17) is 0 Å². The molecule has 0 radical (unpaired) electrons. The van der Waals surface area contributed by atoms with Gasteiger partial charge in [-0.3, -0.25) is 8.98 Å². The fourth-order valence-corrected chi connectivity index (χ4v) is 1.85. The van der Waals surface area contributed by atoms with Gasteiger partial charge in [0.1, 0.15) is 0 Å². The van der Waals surface area contributed by atoms with Crippen molar-refractivity contribution in [2.24, 2.45) is 0 Å². The van der Waals surface area contributed by atoms with Gasteiger partial charge >= 0.3 is 0 Å². The Hall–Kier alpha value is -1.20. The molecule has 1 aromatic rings. The van der Waals surface area contributed by atoms with Crippen molar-refractivity contribution in [3.63, 3.8) is 0 Å². The van der Waals surface area contributed by atoms with Crippen LogP contribution in [-0.2, 0) is 20.7 Å². The number of carbonyl (C=O) groups excluding carboxylic acids is 1. The van der Waals surface area contributed by atoms with Crippen molar-refractivity contribution in [3.05, 3.63) is 35.4 Å². The Morgan fingerprint density at radius 1 is 1.35 bits per heavy atom. The van der Waals surface area contributed by atoms with Gasteiger partial charge < -0.3 is 0 Å². The molecule has 0 bridgehead atoms. The Labute approximate surface area is 102 Å². The van der Waals surface area contributed by atoms with Crippen molar-refractivity contribution >= 4 is 15.9 Å². The lowest BCUT2D eigenvalue weighted by Gasteiger charge is -2.03. The molecule has 0 aromatic heterocycles. The molecule has 0 saturated carbocycles. The molecule has 0 fully saturated rings. The minimum absolute atomic E-state index is 0.0271. The van der Waals surface area contributed by atoms with Crippen LogP contribution in [0.4, 0.5) is 0 Å². The highest BCUT2D eigenvalue weighted by molar-refractivity contribution is 7.85. The standard InChI is InChI=1S/C12H16O4S/c1-10(13)12-7-3-5-11(9-12)6-4-8-16-17(2,14)15/h3,5,7,9H,4,6,8H2,1-2H3. The first kappa shape index (κ1) is 13.9. The van der Waals surface area contributed by atoms with Crippen LogP contribution in [0.3, 0.4) is 0 Å². The predicted molar refractivity (Wildman–Crippen MR) is 65.6 cm³/mol. The molecular weight excluding hydrogens is 240 g/mol. The average Bonchev–Trinajstić information content (AvgIpc) is 2.23. The van der Waals surface area contributed by atoms with Crippen LogP contribution in [-0.4, -0.2) is 27.1 Å².